The van der Waals surface area contributed by atoms with Gasteiger partial charge in [0, 0.05) is 12.8 Å². The lowest BCUT2D eigenvalue weighted by Gasteiger charge is -2.18. The number of ether oxygens (including phenoxy) is 2. The highest BCUT2D eigenvalue weighted by molar-refractivity contribution is 7.46. The van der Waals surface area contributed by atoms with Gasteiger partial charge in [0.05, 0.1) is 6.61 Å². The second-order valence-electron chi connectivity index (χ2n) is 10.5. The number of phosphoric ester groups is 1. The normalized spacial score (nSPS) is 13.1. The lowest BCUT2D eigenvalue weighted by atomic mass is 10.1. The molecule has 1 unspecified atom stereocenters. The van der Waals surface area contributed by atoms with Crippen LogP contribution in [0.3, 0.4) is 0 Å². The van der Waals surface area contributed by atoms with Crippen LogP contribution in [0.5, 0.6) is 0 Å². The fraction of sp³-hybridized carbons (Fsp3) is 0.697. The van der Waals surface area contributed by atoms with Crippen molar-refractivity contribution in [3.63, 3.8) is 0 Å². The molecule has 0 aromatic heterocycles. The SMILES string of the molecule is CCCC/C=C/C=C/CCCCCC(=O)OCC(COP(=O)(O)O)OC(=O)CC/C=C/C/C=C/CCCCCCCC. The van der Waals surface area contributed by atoms with Gasteiger partial charge in [0.1, 0.15) is 6.61 Å². The maximum atomic E-state index is 12.2. The maximum Gasteiger partial charge on any atom is 0.469 e. The minimum atomic E-state index is -4.76. The summed E-state index contributed by atoms with van der Waals surface area (Å²) in [6.45, 7) is 3.50. The van der Waals surface area contributed by atoms with E-state index in [2.05, 4.69) is 54.8 Å². The first-order valence-corrected chi connectivity index (χ1v) is 17.5. The van der Waals surface area contributed by atoms with Gasteiger partial charge in [-0.15, -0.1) is 0 Å². The van der Waals surface area contributed by atoms with Gasteiger partial charge in [-0.1, -0.05) is 114 Å². The van der Waals surface area contributed by atoms with Crippen molar-refractivity contribution < 1.29 is 37.9 Å². The molecule has 8 nitrogen and oxygen atoms in total. The van der Waals surface area contributed by atoms with Crippen LogP contribution in [0.25, 0.3) is 0 Å². The van der Waals surface area contributed by atoms with Gasteiger partial charge in [0.2, 0.25) is 0 Å². The number of carbonyl (C=O) groups excluding carboxylic acids is 2. The van der Waals surface area contributed by atoms with Crippen LogP contribution < -0.4 is 0 Å². The van der Waals surface area contributed by atoms with E-state index in [1.165, 1.54) is 51.4 Å². The summed E-state index contributed by atoms with van der Waals surface area (Å²) in [4.78, 5) is 42.3. The molecule has 0 spiro atoms. The van der Waals surface area contributed by atoms with E-state index in [0.29, 0.717) is 12.8 Å². The van der Waals surface area contributed by atoms with Crippen LogP contribution in [-0.2, 0) is 28.2 Å². The van der Waals surface area contributed by atoms with Crippen molar-refractivity contribution in [3.8, 4) is 0 Å². The van der Waals surface area contributed by atoms with Gasteiger partial charge in [-0.2, -0.15) is 0 Å². The van der Waals surface area contributed by atoms with Gasteiger partial charge in [-0.25, -0.2) is 4.57 Å². The quantitative estimate of drug-likeness (QED) is 0.0296. The highest BCUT2D eigenvalue weighted by Crippen LogP contribution is 2.35. The Labute approximate surface area is 254 Å². The van der Waals surface area contributed by atoms with Gasteiger partial charge in [0.25, 0.3) is 0 Å². The summed E-state index contributed by atoms with van der Waals surface area (Å²) in [5, 5.41) is 0. The number of hydrogen-bond acceptors (Lipinski definition) is 6. The molecule has 242 valence electrons. The van der Waals surface area contributed by atoms with E-state index in [-0.39, 0.29) is 19.4 Å². The summed E-state index contributed by atoms with van der Waals surface area (Å²) in [6, 6.07) is 0. The Morgan fingerprint density at radius 2 is 1.21 bits per heavy atom. The molecule has 0 radical (unpaired) electrons. The number of allylic oxidation sites excluding steroid dienone is 8. The number of unbranched alkanes of at least 4 members (excludes halogenated alkanes) is 11. The van der Waals surface area contributed by atoms with E-state index in [9.17, 15) is 14.2 Å². The average molecular weight is 613 g/mol. The van der Waals surface area contributed by atoms with E-state index in [0.717, 1.165) is 38.5 Å². The zero-order chi connectivity index (χ0) is 31.2. The molecule has 0 rings (SSSR count). The second-order valence-corrected chi connectivity index (χ2v) is 11.7. The largest absolute Gasteiger partial charge is 0.469 e. The Balaban J connectivity index is 4.20. The number of esters is 2. The second kappa shape index (κ2) is 29.1. The van der Waals surface area contributed by atoms with E-state index in [1.807, 2.05) is 12.2 Å². The van der Waals surface area contributed by atoms with E-state index in [4.69, 9.17) is 19.3 Å². The Hall–Kier alpha value is -1.99. The predicted octanol–water partition coefficient (Wildman–Crippen LogP) is 8.84. The van der Waals surface area contributed by atoms with Crippen LogP contribution in [0, 0.1) is 0 Å². The van der Waals surface area contributed by atoms with Gasteiger partial charge in [-0.05, 0) is 51.4 Å². The van der Waals surface area contributed by atoms with E-state index in [1.54, 1.807) is 0 Å². The molecule has 0 heterocycles. The van der Waals surface area contributed by atoms with Crippen molar-refractivity contribution in [2.75, 3.05) is 13.2 Å². The first kappa shape index (κ1) is 40.0. The molecule has 0 bridgehead atoms. The Kier molecular flexibility index (Phi) is 27.7. The van der Waals surface area contributed by atoms with Crippen LogP contribution in [0.15, 0.2) is 48.6 Å². The molecule has 0 amide bonds. The predicted molar refractivity (Wildman–Crippen MR) is 170 cm³/mol. The van der Waals surface area contributed by atoms with Crippen LogP contribution in [-0.4, -0.2) is 41.0 Å². The molecule has 0 saturated heterocycles. The number of hydrogen-bond donors (Lipinski definition) is 2. The van der Waals surface area contributed by atoms with Gasteiger partial charge < -0.3 is 19.3 Å². The van der Waals surface area contributed by atoms with Crippen LogP contribution >= 0.6 is 7.82 Å². The smallest absolute Gasteiger partial charge is 0.462 e. The summed E-state index contributed by atoms with van der Waals surface area (Å²) >= 11 is 0. The molecular formula is C33H57O8P. The van der Waals surface area contributed by atoms with Crippen molar-refractivity contribution in [2.24, 2.45) is 0 Å². The first-order chi connectivity index (χ1) is 20.3. The van der Waals surface area contributed by atoms with Crippen LogP contribution in [0.4, 0.5) is 0 Å². The topological polar surface area (TPSA) is 119 Å². The fourth-order valence-electron chi connectivity index (χ4n) is 3.93. The Morgan fingerprint density at radius 3 is 1.88 bits per heavy atom. The van der Waals surface area contributed by atoms with Gasteiger partial charge >= 0.3 is 19.8 Å². The lowest BCUT2D eigenvalue weighted by molar-refractivity contribution is -0.161. The van der Waals surface area contributed by atoms with Gasteiger partial charge in [-0.3, -0.25) is 14.1 Å². The summed E-state index contributed by atoms with van der Waals surface area (Å²) in [7, 11) is -4.76. The number of carbonyl (C=O) groups is 2. The monoisotopic (exact) mass is 612 g/mol. The van der Waals surface area contributed by atoms with Gasteiger partial charge in [0.15, 0.2) is 6.10 Å². The average Bonchev–Trinajstić information content (AvgIpc) is 2.95. The molecule has 2 N–H and O–H groups in total. The highest BCUT2D eigenvalue weighted by Gasteiger charge is 2.22. The molecule has 0 aliphatic carbocycles. The van der Waals surface area contributed by atoms with E-state index >= 15 is 0 Å². The third-order valence-corrected chi connectivity index (χ3v) is 6.85. The molecule has 0 fully saturated rings. The number of phosphoric acid groups is 1. The summed E-state index contributed by atoms with van der Waals surface area (Å²) in [5.41, 5.74) is 0. The minimum absolute atomic E-state index is 0.0985. The van der Waals surface area contributed by atoms with Crippen molar-refractivity contribution >= 4 is 19.8 Å². The zero-order valence-corrected chi connectivity index (χ0v) is 27.0. The van der Waals surface area contributed by atoms with Crippen molar-refractivity contribution in [3.05, 3.63) is 48.6 Å². The molecule has 0 aliphatic rings. The molecule has 0 saturated carbocycles. The zero-order valence-electron chi connectivity index (χ0n) is 26.1. The van der Waals surface area contributed by atoms with Crippen molar-refractivity contribution in [2.45, 2.75) is 136 Å². The van der Waals surface area contributed by atoms with Crippen LogP contribution in [0.1, 0.15) is 129 Å². The first-order valence-electron chi connectivity index (χ1n) is 15.9. The number of rotatable bonds is 28. The molecule has 42 heavy (non-hydrogen) atoms. The Bertz CT molecular complexity index is 828. The van der Waals surface area contributed by atoms with E-state index < -0.39 is 32.5 Å². The molecule has 9 heteroatoms. The third kappa shape index (κ3) is 31.0. The molecule has 0 aromatic carbocycles. The molecule has 1 atom stereocenters. The molecule has 0 aliphatic heterocycles. The van der Waals surface area contributed by atoms with Crippen molar-refractivity contribution in [1.82, 2.24) is 0 Å². The minimum Gasteiger partial charge on any atom is -0.462 e. The van der Waals surface area contributed by atoms with Crippen molar-refractivity contribution in [1.29, 1.82) is 0 Å². The summed E-state index contributed by atoms with van der Waals surface area (Å²) < 4.78 is 26.0. The Morgan fingerprint density at radius 1 is 0.643 bits per heavy atom. The standard InChI is InChI=1S/C33H57O8P/c1-3-5-7-9-11-13-15-16-18-20-22-24-26-28-33(35)41-31(30-40-42(36,37)38)29-39-32(34)27-25-23-21-19-17-14-12-10-8-6-4-2/h10,12,14,16-18,22,24,31H,3-9,11,13,15,19-21,23,25-30H2,1-2H3,(H2,36,37,38)/b12-10+,17-14+,18-16+,24-22+. The summed E-state index contributed by atoms with van der Waals surface area (Å²) in [6.07, 6.45) is 32.8. The maximum absolute atomic E-state index is 12.2. The molecule has 0 aromatic rings. The summed E-state index contributed by atoms with van der Waals surface area (Å²) in [5.74, 6) is -1.00. The van der Waals surface area contributed by atoms with Crippen LogP contribution in [0.2, 0.25) is 0 Å². The highest BCUT2D eigenvalue weighted by atomic mass is 31.2. The lowest BCUT2D eigenvalue weighted by Crippen LogP contribution is -2.29. The molecular weight excluding hydrogens is 555 g/mol. The third-order valence-electron chi connectivity index (χ3n) is 6.36. The fourth-order valence-corrected chi connectivity index (χ4v) is 4.29.